The van der Waals surface area contributed by atoms with Gasteiger partial charge in [0.25, 0.3) is 0 Å². The van der Waals surface area contributed by atoms with Gasteiger partial charge in [0, 0.05) is 6.42 Å². The summed E-state index contributed by atoms with van der Waals surface area (Å²) in [5.74, 6) is -2.06. The van der Waals surface area contributed by atoms with E-state index in [0.717, 1.165) is 13.8 Å². The number of Topliss-reactive ketones (excluding diaryl/α,β-unsaturated/α-hetero) is 1. The number of nitrogens with one attached hydrogen (secondary N) is 1. The van der Waals surface area contributed by atoms with Crippen LogP contribution in [0.25, 0.3) is 0 Å². The largest absolute Gasteiger partial charge is 0.469 e. The molecular formula is C23H32F3NO5. The van der Waals surface area contributed by atoms with E-state index in [1.54, 1.807) is 30.3 Å². The average Bonchev–Trinajstić information content (AvgIpc) is 2.70. The Morgan fingerprint density at radius 1 is 1.06 bits per heavy atom. The van der Waals surface area contributed by atoms with E-state index in [0.29, 0.717) is 12.0 Å². The van der Waals surface area contributed by atoms with Crippen LogP contribution in [-0.2, 0) is 25.7 Å². The van der Waals surface area contributed by atoms with Crippen LogP contribution in [0.2, 0.25) is 0 Å². The maximum absolute atomic E-state index is 13.5. The second-order valence-corrected chi connectivity index (χ2v) is 8.86. The molecule has 0 heterocycles. The zero-order valence-electron chi connectivity index (χ0n) is 19.1. The molecule has 0 aliphatic carbocycles. The molecule has 0 saturated heterocycles. The Labute approximate surface area is 186 Å². The van der Waals surface area contributed by atoms with Crippen molar-refractivity contribution in [3.63, 3.8) is 0 Å². The van der Waals surface area contributed by atoms with Gasteiger partial charge in [0.05, 0.1) is 24.5 Å². The summed E-state index contributed by atoms with van der Waals surface area (Å²) >= 11 is 0. The number of carbonyl (C=O) groups is 3. The van der Waals surface area contributed by atoms with Crippen LogP contribution >= 0.6 is 0 Å². The van der Waals surface area contributed by atoms with Crippen LogP contribution in [-0.4, -0.2) is 37.2 Å². The second-order valence-electron chi connectivity index (χ2n) is 8.86. The molecule has 1 rings (SSSR count). The number of carbonyl (C=O) groups excluding carboxylic acids is 3. The van der Waals surface area contributed by atoms with E-state index >= 15 is 0 Å². The predicted molar refractivity (Wildman–Crippen MR) is 113 cm³/mol. The van der Waals surface area contributed by atoms with Crippen molar-refractivity contribution in [3.8, 4) is 0 Å². The molecule has 180 valence electrons. The highest BCUT2D eigenvalue weighted by molar-refractivity contribution is 5.90. The first-order valence-corrected chi connectivity index (χ1v) is 10.4. The molecule has 0 fully saturated rings. The van der Waals surface area contributed by atoms with Crippen molar-refractivity contribution in [2.75, 3.05) is 7.11 Å². The number of halogens is 3. The van der Waals surface area contributed by atoms with Crippen LogP contribution in [0.15, 0.2) is 30.3 Å². The van der Waals surface area contributed by atoms with Crippen LogP contribution < -0.4 is 5.32 Å². The van der Waals surface area contributed by atoms with Crippen LogP contribution in [0.3, 0.4) is 0 Å². The summed E-state index contributed by atoms with van der Waals surface area (Å²) in [6.45, 7) is 5.51. The number of hydrogen-bond donors (Lipinski definition) is 1. The Kier molecular flexibility index (Phi) is 10.2. The second kappa shape index (κ2) is 11.9. The predicted octanol–water partition coefficient (Wildman–Crippen LogP) is 5.05. The van der Waals surface area contributed by atoms with Crippen molar-refractivity contribution in [2.45, 2.75) is 65.8 Å². The first-order chi connectivity index (χ1) is 14.8. The zero-order chi connectivity index (χ0) is 24.5. The standard InChI is InChI=1S/C23H32F3NO5/c1-15(2)11-17(20(29)31-5)12-19(28)18(13-22(3,4)23(24,25)26)27-21(30)32-14-16-9-7-6-8-10-16/h6-10,15,17-18H,11-14H2,1-5H3,(H,27,30)/t17-,18-/m1/s1. The van der Waals surface area contributed by atoms with Gasteiger partial charge in [-0.25, -0.2) is 4.79 Å². The first kappa shape index (κ1) is 27.5. The third-order valence-corrected chi connectivity index (χ3v) is 5.11. The molecule has 0 saturated carbocycles. The van der Waals surface area contributed by atoms with Gasteiger partial charge in [0.2, 0.25) is 0 Å². The summed E-state index contributed by atoms with van der Waals surface area (Å²) in [5, 5.41) is 2.27. The third kappa shape index (κ3) is 8.88. The zero-order valence-corrected chi connectivity index (χ0v) is 19.1. The van der Waals surface area contributed by atoms with E-state index in [1.807, 2.05) is 13.8 Å². The molecule has 0 unspecified atom stereocenters. The van der Waals surface area contributed by atoms with Gasteiger partial charge in [-0.1, -0.05) is 58.0 Å². The van der Waals surface area contributed by atoms with Crippen molar-refractivity contribution in [1.29, 1.82) is 0 Å². The van der Waals surface area contributed by atoms with Crippen LogP contribution in [0.1, 0.15) is 52.5 Å². The van der Waals surface area contributed by atoms with Gasteiger partial charge < -0.3 is 14.8 Å². The monoisotopic (exact) mass is 459 g/mol. The maximum atomic E-state index is 13.5. The number of ketones is 1. The molecule has 1 N–H and O–H groups in total. The fourth-order valence-electron chi connectivity index (χ4n) is 3.16. The highest BCUT2D eigenvalue weighted by Gasteiger charge is 2.49. The molecule has 0 aliphatic rings. The van der Waals surface area contributed by atoms with Crippen LogP contribution in [0.4, 0.5) is 18.0 Å². The van der Waals surface area contributed by atoms with Gasteiger partial charge in [-0.2, -0.15) is 13.2 Å². The summed E-state index contributed by atoms with van der Waals surface area (Å²) in [6.07, 6.45) is -6.32. The number of alkyl halides is 3. The van der Waals surface area contributed by atoms with Gasteiger partial charge in [0.15, 0.2) is 5.78 Å². The SMILES string of the molecule is COC(=O)[C@@H](CC(=O)[C@@H](CC(C)(C)C(F)(F)F)NC(=O)OCc1ccccc1)CC(C)C. The van der Waals surface area contributed by atoms with E-state index in [1.165, 1.54) is 7.11 Å². The number of amides is 1. The van der Waals surface area contributed by atoms with Crippen LogP contribution in [0, 0.1) is 17.3 Å². The maximum Gasteiger partial charge on any atom is 0.408 e. The lowest BCUT2D eigenvalue weighted by molar-refractivity contribution is -0.215. The van der Waals surface area contributed by atoms with E-state index in [2.05, 4.69) is 5.32 Å². The lowest BCUT2D eigenvalue weighted by Gasteiger charge is -2.32. The molecule has 32 heavy (non-hydrogen) atoms. The third-order valence-electron chi connectivity index (χ3n) is 5.11. The lowest BCUT2D eigenvalue weighted by Crippen LogP contribution is -2.47. The molecule has 2 atom stereocenters. The summed E-state index contributed by atoms with van der Waals surface area (Å²) in [4.78, 5) is 37.3. The van der Waals surface area contributed by atoms with Gasteiger partial charge in [-0.05, 0) is 24.3 Å². The molecule has 1 aromatic carbocycles. The van der Waals surface area contributed by atoms with E-state index in [9.17, 15) is 27.6 Å². The van der Waals surface area contributed by atoms with Gasteiger partial charge in [-0.15, -0.1) is 0 Å². The molecule has 0 spiro atoms. The number of alkyl carbamates (subject to hydrolysis) is 1. The van der Waals surface area contributed by atoms with E-state index in [-0.39, 0.29) is 18.9 Å². The number of ether oxygens (including phenoxy) is 2. The summed E-state index contributed by atoms with van der Waals surface area (Å²) in [7, 11) is 1.18. The Morgan fingerprint density at radius 2 is 1.66 bits per heavy atom. The minimum absolute atomic E-state index is 0.0563. The topological polar surface area (TPSA) is 81.7 Å². The minimum atomic E-state index is -4.60. The molecule has 0 radical (unpaired) electrons. The number of hydrogen-bond acceptors (Lipinski definition) is 5. The Bertz CT molecular complexity index is 763. The van der Waals surface area contributed by atoms with Crippen molar-refractivity contribution in [3.05, 3.63) is 35.9 Å². The molecule has 1 aromatic rings. The molecule has 1 amide bonds. The Balaban J connectivity index is 2.98. The Morgan fingerprint density at radius 3 is 2.16 bits per heavy atom. The van der Waals surface area contributed by atoms with Gasteiger partial charge in [0.1, 0.15) is 6.61 Å². The van der Waals surface area contributed by atoms with E-state index in [4.69, 9.17) is 9.47 Å². The summed E-state index contributed by atoms with van der Waals surface area (Å²) < 4.78 is 50.2. The highest BCUT2D eigenvalue weighted by atomic mass is 19.4. The number of methoxy groups -OCH3 is 1. The molecule has 0 aliphatic heterocycles. The molecule has 0 bridgehead atoms. The molecule has 9 heteroatoms. The summed E-state index contributed by atoms with van der Waals surface area (Å²) in [5.41, 5.74) is -1.57. The fraction of sp³-hybridized carbons (Fsp3) is 0.609. The van der Waals surface area contributed by atoms with Crippen LogP contribution in [0.5, 0.6) is 0 Å². The van der Waals surface area contributed by atoms with Crippen molar-refractivity contribution in [1.82, 2.24) is 5.32 Å². The number of rotatable bonds is 11. The molecule has 6 nitrogen and oxygen atoms in total. The average molecular weight is 460 g/mol. The smallest absolute Gasteiger partial charge is 0.408 e. The van der Waals surface area contributed by atoms with Gasteiger partial charge in [-0.3, -0.25) is 9.59 Å². The Hall–Kier alpha value is -2.58. The molecule has 0 aromatic heterocycles. The highest BCUT2D eigenvalue weighted by Crippen LogP contribution is 2.41. The number of esters is 1. The fourth-order valence-corrected chi connectivity index (χ4v) is 3.16. The first-order valence-electron chi connectivity index (χ1n) is 10.4. The van der Waals surface area contributed by atoms with Crippen molar-refractivity contribution < 1.29 is 37.0 Å². The number of benzene rings is 1. The van der Waals surface area contributed by atoms with Gasteiger partial charge >= 0.3 is 18.2 Å². The molecular weight excluding hydrogens is 427 g/mol. The lowest BCUT2D eigenvalue weighted by atomic mass is 9.81. The quantitative estimate of drug-likeness (QED) is 0.468. The van der Waals surface area contributed by atoms with E-state index < -0.39 is 47.8 Å². The minimum Gasteiger partial charge on any atom is -0.469 e. The van der Waals surface area contributed by atoms with Crippen molar-refractivity contribution >= 4 is 17.8 Å². The summed E-state index contributed by atoms with van der Waals surface area (Å²) in [6, 6.07) is 7.24. The normalized spacial score (nSPS) is 13.9. The van der Waals surface area contributed by atoms with Crippen molar-refractivity contribution in [2.24, 2.45) is 17.3 Å².